The van der Waals surface area contributed by atoms with Gasteiger partial charge < -0.3 is 28.3 Å². The van der Waals surface area contributed by atoms with Gasteiger partial charge in [0, 0.05) is 25.2 Å². The number of phosphoric ester groups is 1. The predicted molar refractivity (Wildman–Crippen MR) is 156 cm³/mol. The van der Waals surface area contributed by atoms with Crippen molar-refractivity contribution in [3.63, 3.8) is 0 Å². The van der Waals surface area contributed by atoms with Gasteiger partial charge in [0.2, 0.25) is 0 Å². The molecule has 0 aliphatic heterocycles. The van der Waals surface area contributed by atoms with Gasteiger partial charge in [-0.1, -0.05) is 58.3 Å². The fraction of sp³-hybridized carbons (Fsp3) is 0.538. The van der Waals surface area contributed by atoms with Crippen LogP contribution < -0.4 is 68.9 Å². The van der Waals surface area contributed by atoms with Crippen LogP contribution in [0.4, 0.5) is 0 Å². The third-order valence-corrected chi connectivity index (χ3v) is 4.68. The summed E-state index contributed by atoms with van der Waals surface area (Å²) in [5.41, 5.74) is 0. The zero-order valence-corrected chi connectivity index (χ0v) is 28.2. The molecule has 0 unspecified atom stereocenters. The summed E-state index contributed by atoms with van der Waals surface area (Å²) in [7, 11) is -5.30. The molecule has 0 aromatic rings. The average Bonchev–Trinajstić information content (AvgIpc) is 2.81. The van der Waals surface area contributed by atoms with Crippen molar-refractivity contribution >= 4 is 33.3 Å². The maximum atomic E-state index is 12.0. The van der Waals surface area contributed by atoms with Gasteiger partial charge in [-0.3, -0.25) is 4.79 Å². The van der Waals surface area contributed by atoms with Crippen molar-refractivity contribution in [2.24, 2.45) is 0 Å². The molecule has 0 amide bonds. The molecule has 8 nitrogen and oxygen atoms in total. The summed E-state index contributed by atoms with van der Waals surface area (Å²) >= 11 is 0. The maximum absolute atomic E-state index is 12.0. The van der Waals surface area contributed by atoms with Gasteiger partial charge in [-0.05, 0) is 53.8 Å². The summed E-state index contributed by atoms with van der Waals surface area (Å²) in [6, 6.07) is 0. The van der Waals surface area contributed by atoms with Crippen LogP contribution in [-0.2, 0) is 28.2 Å². The Morgan fingerprint density at radius 1 is 0.842 bits per heavy atom. The number of carbonyl (C=O) groups is 2. The topological polar surface area (TPSA) is 125 Å². The normalized spacial score (nSPS) is 9.53. The third kappa shape index (κ3) is 33.2. The number of rotatable bonds is 16. The van der Waals surface area contributed by atoms with E-state index in [-0.39, 0.29) is 91.9 Å². The monoisotopic (exact) mass is 598 g/mol. The molecule has 0 bridgehead atoms. The van der Waals surface area contributed by atoms with Gasteiger partial charge in [0.05, 0.1) is 14.4 Å². The van der Waals surface area contributed by atoms with Gasteiger partial charge in [0.25, 0.3) is 0 Å². The Morgan fingerprint density at radius 2 is 1.34 bits per heavy atom. The quantitative estimate of drug-likeness (QED) is 0.0509. The molecular formula is C26H49Na2O8PS. The van der Waals surface area contributed by atoms with Crippen LogP contribution in [0.3, 0.4) is 0 Å². The third-order valence-electron chi connectivity index (χ3n) is 4.21. The zero-order chi connectivity index (χ0) is 26.2. The van der Waals surface area contributed by atoms with E-state index < -0.39 is 39.1 Å². The first-order valence-electron chi connectivity index (χ1n) is 11.3. The number of carbonyl (C=O) groups excluding carboxylic acids is 2. The average molecular weight is 599 g/mol. The van der Waals surface area contributed by atoms with Crippen molar-refractivity contribution in [3.8, 4) is 59.7 Å². The zero-order valence-electron chi connectivity index (χ0n) is 22.4. The van der Waals surface area contributed by atoms with E-state index in [9.17, 15) is 23.9 Å². The minimum atomic E-state index is -5.30. The fourth-order valence-electron chi connectivity index (χ4n) is 2.59. The van der Waals surface area contributed by atoms with Gasteiger partial charge in [0.1, 0.15) is 6.61 Å². The van der Waals surface area contributed by atoms with Gasteiger partial charge in [-0.2, -0.15) is 13.5 Å². The van der Waals surface area contributed by atoms with Crippen LogP contribution >= 0.6 is 21.3 Å². The first kappa shape index (κ1) is 44.2. The van der Waals surface area contributed by atoms with Crippen molar-refractivity contribution in [2.75, 3.05) is 13.2 Å². The molecule has 0 aliphatic rings. The summed E-state index contributed by atoms with van der Waals surface area (Å²) in [6.45, 7) is 0.845. The number of hydrogen-bond donors (Lipinski definition) is 0. The molecule has 0 fully saturated rings. The smallest absolute Gasteiger partial charge is 0.790 e. The summed E-state index contributed by atoms with van der Waals surface area (Å²) < 4.78 is 24.8. The van der Waals surface area contributed by atoms with Crippen molar-refractivity contribution in [3.05, 3.63) is 0 Å². The number of hydrogen-bond acceptors (Lipinski definition) is 8. The van der Waals surface area contributed by atoms with Crippen LogP contribution in [0.15, 0.2) is 0 Å². The molecule has 0 radical (unpaired) electrons. The first-order chi connectivity index (χ1) is 16.8. The molecule has 0 rings (SSSR count). The fourth-order valence-corrected chi connectivity index (χ4v) is 2.94. The van der Waals surface area contributed by atoms with Crippen LogP contribution in [0.5, 0.6) is 0 Å². The summed E-state index contributed by atoms with van der Waals surface area (Å²) in [6.07, 6.45) is 13.4. The summed E-state index contributed by atoms with van der Waals surface area (Å²) in [5.74, 6) is 18.6. The molecule has 214 valence electrons. The number of phosphoric acid groups is 1. The Labute approximate surface area is 291 Å². The molecule has 0 aromatic heterocycles. The van der Waals surface area contributed by atoms with Crippen LogP contribution in [0, 0.1) is 59.7 Å². The molecule has 12 heteroatoms. The maximum Gasteiger partial charge on any atom is 1.00 e. The van der Waals surface area contributed by atoms with Crippen molar-refractivity contribution in [1.29, 1.82) is 0 Å². The number of ether oxygens (including phenoxy) is 2. The molecule has 0 aliphatic carbocycles. The molecule has 0 heterocycles. The van der Waals surface area contributed by atoms with Crippen LogP contribution in [0.1, 0.15) is 84.0 Å². The second kappa shape index (κ2) is 30.7. The predicted octanol–water partition coefficient (Wildman–Crippen LogP) is -1.81. The minimum Gasteiger partial charge on any atom is -0.790 e. The van der Waals surface area contributed by atoms with Crippen LogP contribution in [0.25, 0.3) is 0 Å². The molecule has 0 saturated heterocycles. The standard InChI is InChI=1S/C26H31O8P.2Na.H2S.9H2/c1-3-5-7-9-11-13-15-17-19-21-26(28)34-24(23-33-35(29,30)31)22-32-25(27)20-18-16-14-12-10-8-6-4-2;;;;;;;;;;;;/h2,24H,3,5,7,9,11,13,15,17,19,21-23H2,1H3,(H2,29,30,31);;;1H2;9*1H/q;2*+1;;;;;;;;;;/p-2/t24-;;;;;;;;;;;;/m1............/s1. The van der Waals surface area contributed by atoms with E-state index in [1.807, 2.05) is 0 Å². The Bertz CT molecular complexity index is 1040. The molecule has 1 atom stereocenters. The SMILES string of the molecule is C#CC#CC#CC#CC#CC(=O)OC[C@H](COP(=O)([O-])[O-])OC(=O)CCCCCCCCCCC.S.[HH].[HH].[HH].[HH].[HH].[HH].[HH].[HH].[HH].[Na+].[Na+]. The Kier molecular flexibility index (Phi) is 35.8. The summed E-state index contributed by atoms with van der Waals surface area (Å²) in [5, 5.41) is 0. The Morgan fingerprint density at radius 3 is 1.87 bits per heavy atom. The number of esters is 2. The molecular weight excluding hydrogens is 549 g/mol. The first-order valence-corrected chi connectivity index (χ1v) is 12.7. The van der Waals surface area contributed by atoms with E-state index in [2.05, 4.69) is 64.7 Å². The van der Waals surface area contributed by atoms with Crippen LogP contribution in [0.2, 0.25) is 0 Å². The van der Waals surface area contributed by atoms with E-state index in [1.165, 1.54) is 32.1 Å². The van der Waals surface area contributed by atoms with Gasteiger partial charge >= 0.3 is 71.1 Å². The molecule has 0 saturated carbocycles. The van der Waals surface area contributed by atoms with E-state index >= 15 is 0 Å². The van der Waals surface area contributed by atoms with Crippen LogP contribution in [-0.4, -0.2) is 31.3 Å². The van der Waals surface area contributed by atoms with Gasteiger partial charge in [-0.15, -0.1) is 6.42 Å². The molecule has 0 N–H and O–H groups in total. The van der Waals surface area contributed by atoms with E-state index in [4.69, 9.17) is 15.9 Å². The van der Waals surface area contributed by atoms with Crippen molar-refractivity contribution < 1.29 is 110 Å². The minimum absolute atomic E-state index is 0. The van der Waals surface area contributed by atoms with E-state index in [1.54, 1.807) is 0 Å². The van der Waals surface area contributed by atoms with Gasteiger partial charge in [-0.25, -0.2) is 4.79 Å². The van der Waals surface area contributed by atoms with Gasteiger partial charge in [0.15, 0.2) is 6.10 Å². The Hall–Kier alpha value is -0.800. The largest absolute Gasteiger partial charge is 1.00 e. The summed E-state index contributed by atoms with van der Waals surface area (Å²) in [4.78, 5) is 45.2. The molecule has 38 heavy (non-hydrogen) atoms. The van der Waals surface area contributed by atoms with E-state index in [0.29, 0.717) is 6.42 Å². The molecule has 0 aromatic carbocycles. The number of terminal acetylenes is 1. The van der Waals surface area contributed by atoms with Crippen molar-refractivity contribution in [1.82, 2.24) is 0 Å². The number of unbranched alkanes of at least 4 members (excludes halogenated alkanes) is 8. The van der Waals surface area contributed by atoms with Crippen molar-refractivity contribution in [2.45, 2.75) is 77.2 Å². The Balaban J connectivity index is -0.0000000876. The van der Waals surface area contributed by atoms with E-state index in [0.717, 1.165) is 19.3 Å². The second-order valence-electron chi connectivity index (χ2n) is 7.18. The second-order valence-corrected chi connectivity index (χ2v) is 8.33. The molecule has 0 spiro atoms.